The van der Waals surface area contributed by atoms with E-state index in [0.29, 0.717) is 55.6 Å². The summed E-state index contributed by atoms with van der Waals surface area (Å²) >= 11 is 0. The van der Waals surface area contributed by atoms with Gasteiger partial charge in [-0.1, -0.05) is 30.3 Å². The van der Waals surface area contributed by atoms with Crippen LogP contribution in [0.25, 0.3) is 11.3 Å². The molecule has 0 saturated carbocycles. The van der Waals surface area contributed by atoms with E-state index in [0.717, 1.165) is 18.4 Å². The Morgan fingerprint density at radius 1 is 0.955 bits per heavy atom. The van der Waals surface area contributed by atoms with Crippen molar-refractivity contribution in [1.82, 2.24) is 25.1 Å². The van der Waals surface area contributed by atoms with Crippen molar-refractivity contribution < 1.29 is 18.7 Å². The van der Waals surface area contributed by atoms with Crippen molar-refractivity contribution >= 4 is 17.4 Å². The van der Waals surface area contributed by atoms with Crippen LogP contribution in [0.1, 0.15) is 38.1 Å². The maximum atomic E-state index is 13.7. The monoisotopic (exact) mass is 602 g/mol. The molecule has 0 bridgehead atoms. The smallest absolute Gasteiger partial charge is 0.237 e. The van der Waals surface area contributed by atoms with Crippen LogP contribution in [0.5, 0.6) is 0 Å². The lowest BCUT2D eigenvalue weighted by molar-refractivity contribution is -0.137. The van der Waals surface area contributed by atoms with E-state index in [9.17, 15) is 18.7 Å². The number of aliphatic hydroxyl groups is 1. The van der Waals surface area contributed by atoms with Crippen molar-refractivity contribution in [3.8, 4) is 11.3 Å². The van der Waals surface area contributed by atoms with Crippen LogP contribution in [0.2, 0.25) is 0 Å². The molecule has 44 heavy (non-hydrogen) atoms. The average molecular weight is 603 g/mol. The van der Waals surface area contributed by atoms with Crippen LogP contribution in [0, 0.1) is 11.6 Å². The quantitative estimate of drug-likeness (QED) is 0.125. The number of halogens is 2. The highest BCUT2D eigenvalue weighted by Crippen LogP contribution is 2.39. The number of aryl methyl sites for hydroxylation is 1. The molecule has 4 aromatic rings. The second kappa shape index (κ2) is 14.1. The molecule has 0 radical (unpaired) electrons. The summed E-state index contributed by atoms with van der Waals surface area (Å²) in [5.41, 5.74) is 2.52. The number of imidazole rings is 1. The zero-order chi connectivity index (χ0) is 31.1. The van der Waals surface area contributed by atoms with Gasteiger partial charge in [-0.3, -0.25) is 10.1 Å². The third-order valence-electron chi connectivity index (χ3n) is 8.00. The fourth-order valence-corrected chi connectivity index (χ4v) is 5.60. The van der Waals surface area contributed by atoms with E-state index in [1.54, 1.807) is 24.3 Å². The molecule has 2 heterocycles. The van der Waals surface area contributed by atoms with E-state index in [-0.39, 0.29) is 24.1 Å². The van der Waals surface area contributed by atoms with Gasteiger partial charge in [-0.2, -0.15) is 0 Å². The summed E-state index contributed by atoms with van der Waals surface area (Å²) in [5.74, 6) is 0.702. The third kappa shape index (κ3) is 7.50. The number of aliphatic hydroxyl groups excluding tert-OH is 1. The highest BCUT2D eigenvalue weighted by Gasteiger charge is 2.41. The van der Waals surface area contributed by atoms with Gasteiger partial charge in [-0.15, -0.1) is 0 Å². The maximum Gasteiger partial charge on any atom is 0.237 e. The van der Waals surface area contributed by atoms with Gasteiger partial charge in [0, 0.05) is 24.3 Å². The van der Waals surface area contributed by atoms with E-state index >= 15 is 0 Å². The highest BCUT2D eigenvalue weighted by molar-refractivity contribution is 5.80. The number of aromatic nitrogens is 2. The zero-order valence-corrected chi connectivity index (χ0v) is 25.2. The summed E-state index contributed by atoms with van der Waals surface area (Å²) in [6.45, 7) is 6.39. The van der Waals surface area contributed by atoms with Crippen molar-refractivity contribution in [2.75, 3.05) is 31.5 Å². The fraction of sp³-hybridized carbons (Fsp3) is 0.353. The molecule has 1 aromatic heterocycles. The molecule has 1 aliphatic heterocycles. The number of fused-ring (bicyclic) bond motifs is 1. The van der Waals surface area contributed by atoms with Crippen LogP contribution >= 0.6 is 0 Å². The van der Waals surface area contributed by atoms with Gasteiger partial charge in [-0.25, -0.2) is 13.8 Å². The summed E-state index contributed by atoms with van der Waals surface area (Å²) in [5, 5.41) is 20.0. The van der Waals surface area contributed by atoms with Crippen molar-refractivity contribution in [3.63, 3.8) is 0 Å². The van der Waals surface area contributed by atoms with Crippen molar-refractivity contribution in [1.29, 1.82) is 0 Å². The predicted molar refractivity (Wildman–Crippen MR) is 168 cm³/mol. The Morgan fingerprint density at radius 3 is 2.34 bits per heavy atom. The molecule has 0 spiro atoms. The molecule has 0 saturated heterocycles. The number of nitrogens with one attached hydrogen (secondary N) is 3. The molecule has 8 nitrogen and oxygen atoms in total. The number of amides is 1. The Balaban J connectivity index is 1.19. The molecule has 1 unspecified atom stereocenters. The minimum atomic E-state index is -0.723. The Hall–Kier alpha value is -4.12. The first-order chi connectivity index (χ1) is 21.2. The van der Waals surface area contributed by atoms with Crippen LogP contribution < -0.4 is 16.0 Å². The van der Waals surface area contributed by atoms with Gasteiger partial charge in [0.2, 0.25) is 5.91 Å². The van der Waals surface area contributed by atoms with E-state index in [1.807, 2.05) is 41.5 Å². The summed E-state index contributed by atoms with van der Waals surface area (Å²) in [7, 11) is 0. The molecule has 4 N–H and O–H groups in total. The molecule has 5 rings (SSSR count). The molecule has 232 valence electrons. The normalized spacial score (nSPS) is 14.7. The van der Waals surface area contributed by atoms with Gasteiger partial charge in [0.15, 0.2) is 0 Å². The molecular formula is C34H40F2N6O2. The predicted octanol–water partition coefficient (Wildman–Crippen LogP) is 5.17. The number of hydrogen-bond acceptors (Lipinski definition) is 6. The SMILES string of the molecule is CC1(C)c2nc(-c3ccc(F)cc3)c(Nc3ccc(F)cc3)n2CCN1C(=O)CNCCCNC(O)CCc1ccccc1. The number of anilines is 2. The van der Waals surface area contributed by atoms with Crippen molar-refractivity contribution in [2.45, 2.75) is 51.4 Å². The summed E-state index contributed by atoms with van der Waals surface area (Å²) < 4.78 is 29.3. The topological polar surface area (TPSA) is 94.5 Å². The highest BCUT2D eigenvalue weighted by atomic mass is 19.1. The van der Waals surface area contributed by atoms with Crippen LogP contribution in [0.3, 0.4) is 0 Å². The number of rotatable bonds is 13. The molecule has 1 atom stereocenters. The van der Waals surface area contributed by atoms with Crippen molar-refractivity contribution in [2.24, 2.45) is 0 Å². The number of carbonyl (C=O) groups excluding carboxylic acids is 1. The molecule has 1 amide bonds. The third-order valence-corrected chi connectivity index (χ3v) is 8.00. The summed E-state index contributed by atoms with van der Waals surface area (Å²) in [6.07, 6.45) is 1.64. The lowest BCUT2D eigenvalue weighted by Gasteiger charge is -2.42. The Labute approximate surface area is 257 Å². The molecule has 1 aliphatic rings. The van der Waals surface area contributed by atoms with Gasteiger partial charge in [-0.05, 0) is 100 Å². The van der Waals surface area contributed by atoms with Crippen molar-refractivity contribution in [3.05, 3.63) is 102 Å². The largest absolute Gasteiger partial charge is 0.379 e. The molecule has 3 aromatic carbocycles. The van der Waals surface area contributed by atoms with Gasteiger partial charge in [0.25, 0.3) is 0 Å². The average Bonchev–Trinajstić information content (AvgIpc) is 3.39. The maximum absolute atomic E-state index is 13.7. The Morgan fingerprint density at radius 2 is 1.64 bits per heavy atom. The zero-order valence-electron chi connectivity index (χ0n) is 25.2. The Kier molecular flexibility index (Phi) is 10.0. The molecule has 0 aliphatic carbocycles. The standard InChI is InChI=1S/C34H40F2N6O2/c1-34(2)33-40-31(25-10-12-26(35)13-11-25)32(39-28-16-14-27(36)15-17-28)41(33)21-22-42(34)30(44)23-37-19-6-20-38-29(43)18-9-24-7-4-3-5-8-24/h3-5,7-8,10-17,29,37-39,43H,6,9,18-23H2,1-2H3. The van der Waals surface area contributed by atoms with Crippen LogP contribution in [0.15, 0.2) is 78.9 Å². The lowest BCUT2D eigenvalue weighted by Crippen LogP contribution is -2.54. The molecule has 0 fully saturated rings. The number of carbonyl (C=O) groups is 1. The van der Waals surface area contributed by atoms with Crippen LogP contribution in [0.4, 0.5) is 20.3 Å². The van der Waals surface area contributed by atoms with E-state index in [1.165, 1.54) is 29.8 Å². The second-order valence-electron chi connectivity index (χ2n) is 11.6. The first kappa shape index (κ1) is 31.3. The van der Waals surface area contributed by atoms with E-state index < -0.39 is 11.8 Å². The van der Waals surface area contributed by atoms with E-state index in [2.05, 4.69) is 28.1 Å². The van der Waals surface area contributed by atoms with Gasteiger partial charge >= 0.3 is 0 Å². The summed E-state index contributed by atoms with van der Waals surface area (Å²) in [4.78, 5) is 20.2. The van der Waals surface area contributed by atoms with Gasteiger partial charge in [0.05, 0.1) is 12.1 Å². The van der Waals surface area contributed by atoms with E-state index in [4.69, 9.17) is 4.98 Å². The summed E-state index contributed by atoms with van der Waals surface area (Å²) in [6, 6.07) is 22.3. The van der Waals surface area contributed by atoms with Gasteiger partial charge < -0.3 is 25.2 Å². The first-order valence-corrected chi connectivity index (χ1v) is 15.1. The fourth-order valence-electron chi connectivity index (χ4n) is 5.60. The van der Waals surface area contributed by atoms with Crippen LogP contribution in [-0.2, 0) is 23.3 Å². The minimum absolute atomic E-state index is 0.0310. The second-order valence-corrected chi connectivity index (χ2v) is 11.6. The lowest BCUT2D eigenvalue weighted by atomic mass is 9.99. The van der Waals surface area contributed by atoms with Crippen LogP contribution in [-0.4, -0.2) is 57.9 Å². The molecule has 10 heteroatoms. The minimum Gasteiger partial charge on any atom is -0.379 e. The number of hydrogen-bond donors (Lipinski definition) is 4. The molecular weight excluding hydrogens is 562 g/mol. The Bertz CT molecular complexity index is 1520. The number of benzene rings is 3. The number of nitrogens with zero attached hydrogens (tertiary/aromatic N) is 3. The first-order valence-electron chi connectivity index (χ1n) is 15.1. The van der Waals surface area contributed by atoms with Gasteiger partial charge in [0.1, 0.15) is 35.2 Å².